The molecule has 1 N–H and O–H groups in total. The highest BCUT2D eigenvalue weighted by Crippen LogP contribution is 2.33. The maximum absolute atomic E-state index is 4.47. The van der Waals surface area contributed by atoms with Gasteiger partial charge in [0.1, 0.15) is 12.1 Å². The summed E-state index contributed by atoms with van der Waals surface area (Å²) in [4.78, 5) is 8.80. The van der Waals surface area contributed by atoms with Gasteiger partial charge in [0.15, 0.2) is 0 Å². The van der Waals surface area contributed by atoms with Crippen molar-refractivity contribution >= 4 is 15.9 Å². The lowest BCUT2D eigenvalue weighted by Crippen LogP contribution is -2.38. The predicted molar refractivity (Wildman–Crippen MR) is 78.5 cm³/mol. The van der Waals surface area contributed by atoms with Crippen LogP contribution < -0.4 is 5.32 Å². The molecular weight excluding hydrogens is 304 g/mol. The third-order valence-corrected chi connectivity index (χ3v) is 4.39. The first kappa shape index (κ1) is 12.8. The minimum atomic E-state index is 0.177. The average molecular weight is 321 g/mol. The number of pyridine rings is 1. The van der Waals surface area contributed by atoms with Crippen molar-refractivity contribution in [2.75, 3.05) is 13.1 Å². The Balaban J connectivity index is 2.00. The number of hydrogen-bond donors (Lipinski definition) is 1. The van der Waals surface area contributed by atoms with E-state index in [2.05, 4.69) is 42.7 Å². The van der Waals surface area contributed by atoms with Gasteiger partial charge in [-0.15, -0.1) is 0 Å². The first-order chi connectivity index (χ1) is 9.19. The molecule has 0 unspecified atom stereocenters. The molecule has 0 bridgehead atoms. The summed E-state index contributed by atoms with van der Waals surface area (Å²) in [6.45, 7) is 4.45. The Bertz CT molecular complexity index is 555. The number of nitrogens with one attached hydrogen (secondary N) is 1. The zero-order chi connectivity index (χ0) is 13.3. The molecule has 2 aromatic heterocycles. The molecule has 2 aromatic rings. The smallest absolute Gasteiger partial charge is 0.138 e. The lowest BCUT2D eigenvalue weighted by Gasteiger charge is -2.34. The van der Waals surface area contributed by atoms with Crippen LogP contribution in [-0.4, -0.2) is 27.6 Å². The van der Waals surface area contributed by atoms with E-state index in [0.29, 0.717) is 0 Å². The summed E-state index contributed by atoms with van der Waals surface area (Å²) < 4.78 is 3.10. The van der Waals surface area contributed by atoms with E-state index < -0.39 is 0 Å². The molecule has 0 amide bonds. The van der Waals surface area contributed by atoms with Gasteiger partial charge in [0.2, 0.25) is 0 Å². The lowest BCUT2D eigenvalue weighted by molar-refractivity contribution is 0.323. The topological polar surface area (TPSA) is 42.7 Å². The fourth-order valence-corrected chi connectivity index (χ4v) is 2.90. The Morgan fingerprint density at radius 2 is 2.05 bits per heavy atom. The molecule has 1 aliphatic rings. The Morgan fingerprint density at radius 3 is 2.74 bits per heavy atom. The highest BCUT2D eigenvalue weighted by Gasteiger charge is 2.32. The number of imidazole rings is 1. The normalized spacial score (nSPS) is 18.4. The van der Waals surface area contributed by atoms with Crippen molar-refractivity contribution in [2.24, 2.45) is 0 Å². The van der Waals surface area contributed by atoms with Gasteiger partial charge in [-0.05, 0) is 54.0 Å². The molecule has 0 radical (unpaired) electrons. The highest BCUT2D eigenvalue weighted by molar-refractivity contribution is 9.10. The van der Waals surface area contributed by atoms with E-state index in [1.165, 1.54) is 5.69 Å². The van der Waals surface area contributed by atoms with Crippen LogP contribution >= 0.6 is 15.9 Å². The van der Waals surface area contributed by atoms with Crippen LogP contribution in [0.5, 0.6) is 0 Å². The summed E-state index contributed by atoms with van der Waals surface area (Å²) >= 11 is 3.42. The van der Waals surface area contributed by atoms with Crippen LogP contribution in [0.2, 0.25) is 0 Å². The van der Waals surface area contributed by atoms with E-state index in [-0.39, 0.29) is 5.41 Å². The van der Waals surface area contributed by atoms with Crippen molar-refractivity contribution in [3.63, 3.8) is 0 Å². The molecule has 1 aliphatic heterocycles. The Morgan fingerprint density at radius 1 is 1.26 bits per heavy atom. The standard InChI is InChI=1S/C14H17BrN4/c1-14(4-6-16-7-5-14)12-9-17-10-19(12)13-3-2-11(15)8-18-13/h2-3,8-10,16H,4-7H2,1H3. The van der Waals surface area contributed by atoms with Gasteiger partial charge in [0, 0.05) is 28.0 Å². The predicted octanol–water partition coefficient (Wildman–Crippen LogP) is 2.67. The van der Waals surface area contributed by atoms with E-state index in [9.17, 15) is 0 Å². The Kier molecular flexibility index (Phi) is 3.41. The van der Waals surface area contributed by atoms with Crippen molar-refractivity contribution in [1.29, 1.82) is 0 Å². The molecule has 1 fully saturated rings. The van der Waals surface area contributed by atoms with Gasteiger partial charge in [-0.3, -0.25) is 4.57 Å². The largest absolute Gasteiger partial charge is 0.317 e. The molecule has 0 aromatic carbocycles. The van der Waals surface area contributed by atoms with Crippen LogP contribution in [0.15, 0.2) is 35.3 Å². The number of nitrogens with zero attached hydrogens (tertiary/aromatic N) is 3. The monoisotopic (exact) mass is 320 g/mol. The molecule has 0 aliphatic carbocycles. The second-order valence-electron chi connectivity index (χ2n) is 5.29. The van der Waals surface area contributed by atoms with Crippen molar-refractivity contribution in [2.45, 2.75) is 25.2 Å². The van der Waals surface area contributed by atoms with Gasteiger partial charge in [-0.1, -0.05) is 6.92 Å². The van der Waals surface area contributed by atoms with Gasteiger partial charge in [-0.25, -0.2) is 9.97 Å². The average Bonchev–Trinajstić information content (AvgIpc) is 2.90. The van der Waals surface area contributed by atoms with E-state index in [1.807, 2.05) is 30.9 Å². The molecule has 5 heteroatoms. The number of piperidine rings is 1. The van der Waals surface area contributed by atoms with E-state index in [1.54, 1.807) is 0 Å². The Hall–Kier alpha value is -1.20. The molecule has 3 heterocycles. The van der Waals surface area contributed by atoms with Crippen LogP contribution in [0.25, 0.3) is 5.82 Å². The van der Waals surface area contributed by atoms with Crippen LogP contribution in [-0.2, 0) is 5.41 Å². The van der Waals surface area contributed by atoms with Crippen molar-refractivity contribution in [1.82, 2.24) is 19.9 Å². The van der Waals surface area contributed by atoms with Gasteiger partial charge >= 0.3 is 0 Å². The number of aromatic nitrogens is 3. The summed E-state index contributed by atoms with van der Waals surface area (Å²) in [6.07, 6.45) is 7.93. The molecule has 0 saturated carbocycles. The molecule has 1 saturated heterocycles. The second-order valence-corrected chi connectivity index (χ2v) is 6.21. The summed E-state index contributed by atoms with van der Waals surface area (Å²) in [6, 6.07) is 4.02. The van der Waals surface area contributed by atoms with Gasteiger partial charge in [0.25, 0.3) is 0 Å². The lowest BCUT2D eigenvalue weighted by atomic mass is 9.78. The quantitative estimate of drug-likeness (QED) is 0.925. The third kappa shape index (κ3) is 2.44. The van der Waals surface area contributed by atoms with Crippen molar-refractivity contribution in [3.8, 4) is 5.82 Å². The number of rotatable bonds is 2. The second kappa shape index (κ2) is 5.06. The van der Waals surface area contributed by atoms with Crippen LogP contribution in [0.3, 0.4) is 0 Å². The van der Waals surface area contributed by atoms with Crippen LogP contribution in [0.4, 0.5) is 0 Å². The SMILES string of the molecule is CC1(c2cncn2-c2ccc(Br)cn2)CCNCC1. The molecule has 3 rings (SSSR count). The first-order valence-electron chi connectivity index (χ1n) is 6.54. The summed E-state index contributed by atoms with van der Waals surface area (Å²) in [7, 11) is 0. The number of hydrogen-bond acceptors (Lipinski definition) is 3. The van der Waals surface area contributed by atoms with Crippen LogP contribution in [0, 0.1) is 0 Å². The fourth-order valence-electron chi connectivity index (χ4n) is 2.67. The summed E-state index contributed by atoms with van der Waals surface area (Å²) in [5.41, 5.74) is 1.43. The van der Waals surface area contributed by atoms with Crippen LogP contribution in [0.1, 0.15) is 25.5 Å². The van der Waals surface area contributed by atoms with Gasteiger partial charge < -0.3 is 5.32 Å². The molecular formula is C14H17BrN4. The number of halogens is 1. The summed E-state index contributed by atoms with van der Waals surface area (Å²) in [5.74, 6) is 0.926. The minimum Gasteiger partial charge on any atom is -0.317 e. The Labute approximate surface area is 121 Å². The maximum atomic E-state index is 4.47. The van der Waals surface area contributed by atoms with Gasteiger partial charge in [0.05, 0.1) is 0 Å². The summed E-state index contributed by atoms with van der Waals surface area (Å²) in [5, 5.41) is 3.42. The molecule has 19 heavy (non-hydrogen) atoms. The zero-order valence-electron chi connectivity index (χ0n) is 10.9. The van der Waals surface area contributed by atoms with E-state index in [4.69, 9.17) is 0 Å². The van der Waals surface area contributed by atoms with Crippen molar-refractivity contribution in [3.05, 3.63) is 41.0 Å². The third-order valence-electron chi connectivity index (χ3n) is 3.92. The zero-order valence-corrected chi connectivity index (χ0v) is 12.5. The molecule has 0 spiro atoms. The highest BCUT2D eigenvalue weighted by atomic mass is 79.9. The first-order valence-corrected chi connectivity index (χ1v) is 7.34. The van der Waals surface area contributed by atoms with E-state index >= 15 is 0 Å². The molecule has 100 valence electrons. The van der Waals surface area contributed by atoms with E-state index in [0.717, 1.165) is 36.2 Å². The maximum Gasteiger partial charge on any atom is 0.138 e. The van der Waals surface area contributed by atoms with Gasteiger partial charge in [-0.2, -0.15) is 0 Å². The fraction of sp³-hybridized carbons (Fsp3) is 0.429. The molecule has 4 nitrogen and oxygen atoms in total. The molecule has 0 atom stereocenters. The van der Waals surface area contributed by atoms with Crippen molar-refractivity contribution < 1.29 is 0 Å². The minimum absolute atomic E-state index is 0.177.